The third-order valence-electron chi connectivity index (χ3n) is 3.88. The Balaban J connectivity index is 2.10. The fourth-order valence-electron chi connectivity index (χ4n) is 2.59. The molecular weight excluding hydrogens is 220 g/mol. The number of hydrogen-bond acceptors (Lipinski definition) is 2. The van der Waals surface area contributed by atoms with E-state index in [0.717, 1.165) is 24.5 Å². The molecule has 0 bridgehead atoms. The third-order valence-corrected chi connectivity index (χ3v) is 3.88. The van der Waals surface area contributed by atoms with Crippen LogP contribution in [0.4, 0.5) is 0 Å². The molecule has 1 N–H and O–H groups in total. The molecule has 0 aromatic rings. The van der Waals surface area contributed by atoms with Gasteiger partial charge in [-0.15, -0.1) is 0 Å². The van der Waals surface area contributed by atoms with Gasteiger partial charge >= 0.3 is 0 Å². The van der Waals surface area contributed by atoms with Crippen molar-refractivity contribution in [2.45, 2.75) is 78.3 Å². The van der Waals surface area contributed by atoms with Crippen LogP contribution in [0.2, 0.25) is 0 Å². The molecule has 1 saturated carbocycles. The normalized spacial score (nSPS) is 17.7. The minimum Gasteiger partial charge on any atom is -0.316 e. The number of nitrogens with zero attached hydrogens (tertiary/aromatic N) is 1. The van der Waals surface area contributed by atoms with Crippen LogP contribution < -0.4 is 5.32 Å². The van der Waals surface area contributed by atoms with Crippen LogP contribution in [-0.2, 0) is 0 Å². The molecule has 0 spiro atoms. The van der Waals surface area contributed by atoms with Gasteiger partial charge in [-0.1, -0.05) is 27.2 Å². The first-order valence-electron chi connectivity index (χ1n) is 8.11. The molecule has 0 radical (unpaired) electrons. The first-order valence-corrected chi connectivity index (χ1v) is 8.11. The first-order chi connectivity index (χ1) is 8.65. The van der Waals surface area contributed by atoms with Gasteiger partial charge in [0.15, 0.2) is 0 Å². The number of unbranched alkanes of at least 4 members (excludes halogenated alkanes) is 1. The summed E-state index contributed by atoms with van der Waals surface area (Å²) in [4.78, 5) is 2.77. The highest BCUT2D eigenvalue weighted by Crippen LogP contribution is 2.29. The van der Waals surface area contributed by atoms with Gasteiger partial charge in [0.2, 0.25) is 0 Å². The lowest BCUT2D eigenvalue weighted by molar-refractivity contribution is 0.184. The Morgan fingerprint density at radius 3 is 2.44 bits per heavy atom. The summed E-state index contributed by atoms with van der Waals surface area (Å²) in [6.45, 7) is 12.9. The van der Waals surface area contributed by atoms with E-state index in [0.29, 0.717) is 0 Å². The van der Waals surface area contributed by atoms with Gasteiger partial charge in [-0.25, -0.2) is 0 Å². The van der Waals surface area contributed by atoms with E-state index in [1.165, 1.54) is 51.6 Å². The second kappa shape index (κ2) is 8.92. The van der Waals surface area contributed by atoms with Crippen molar-refractivity contribution in [2.24, 2.45) is 5.92 Å². The van der Waals surface area contributed by atoms with E-state index in [-0.39, 0.29) is 0 Å². The van der Waals surface area contributed by atoms with Crippen LogP contribution in [0.1, 0.15) is 66.2 Å². The fraction of sp³-hybridized carbons (Fsp3) is 1.00. The molecule has 1 atom stereocenters. The van der Waals surface area contributed by atoms with Crippen LogP contribution in [0.15, 0.2) is 0 Å². The van der Waals surface area contributed by atoms with Gasteiger partial charge in [0.1, 0.15) is 0 Å². The Hall–Kier alpha value is -0.0800. The maximum Gasteiger partial charge on any atom is 0.00992 e. The molecule has 1 aliphatic rings. The van der Waals surface area contributed by atoms with E-state index in [2.05, 4.69) is 37.9 Å². The monoisotopic (exact) mass is 254 g/mol. The van der Waals surface area contributed by atoms with Crippen molar-refractivity contribution < 1.29 is 0 Å². The van der Waals surface area contributed by atoms with E-state index in [4.69, 9.17) is 0 Å². The van der Waals surface area contributed by atoms with Gasteiger partial charge in [-0.2, -0.15) is 0 Å². The van der Waals surface area contributed by atoms with E-state index in [1.54, 1.807) is 0 Å². The minimum atomic E-state index is 0.773. The zero-order valence-electron chi connectivity index (χ0n) is 13.0. The highest BCUT2D eigenvalue weighted by molar-refractivity contribution is 4.87. The van der Waals surface area contributed by atoms with Crippen LogP contribution in [-0.4, -0.2) is 36.6 Å². The van der Waals surface area contributed by atoms with Crippen molar-refractivity contribution in [1.82, 2.24) is 10.2 Å². The molecule has 0 saturated heterocycles. The molecule has 1 rings (SSSR count). The summed E-state index contributed by atoms with van der Waals surface area (Å²) >= 11 is 0. The van der Waals surface area contributed by atoms with E-state index >= 15 is 0 Å². The van der Waals surface area contributed by atoms with Gasteiger partial charge in [0.05, 0.1) is 0 Å². The predicted molar refractivity (Wildman–Crippen MR) is 81.0 cm³/mol. The lowest BCUT2D eigenvalue weighted by Gasteiger charge is -2.29. The van der Waals surface area contributed by atoms with Crippen molar-refractivity contribution in [3.8, 4) is 0 Å². The minimum absolute atomic E-state index is 0.773. The van der Waals surface area contributed by atoms with Gasteiger partial charge < -0.3 is 5.32 Å². The summed E-state index contributed by atoms with van der Waals surface area (Å²) in [5.41, 5.74) is 0. The molecule has 1 unspecified atom stereocenters. The molecule has 2 nitrogen and oxygen atoms in total. The number of nitrogens with one attached hydrogen (secondary N) is 1. The van der Waals surface area contributed by atoms with E-state index < -0.39 is 0 Å². The van der Waals surface area contributed by atoms with Crippen LogP contribution in [0.3, 0.4) is 0 Å². The molecule has 0 aromatic carbocycles. The van der Waals surface area contributed by atoms with E-state index in [1.807, 2.05) is 0 Å². The van der Waals surface area contributed by atoms with Gasteiger partial charge in [0, 0.05) is 12.1 Å². The molecule has 2 heteroatoms. The summed E-state index contributed by atoms with van der Waals surface area (Å²) in [5.74, 6) is 0.773. The largest absolute Gasteiger partial charge is 0.316 e. The molecule has 0 aliphatic heterocycles. The van der Waals surface area contributed by atoms with Crippen molar-refractivity contribution in [2.75, 3.05) is 19.6 Å². The molecule has 18 heavy (non-hydrogen) atoms. The molecule has 0 aromatic heterocycles. The standard InChI is InChI=1S/C16H34N2/c1-5-6-12-18(16-9-10-16)15(4)8-7-11-17-13-14(2)3/h14-17H,5-13H2,1-4H3. The average molecular weight is 254 g/mol. The maximum atomic E-state index is 3.55. The Kier molecular flexibility index (Phi) is 7.92. The van der Waals surface area contributed by atoms with Gasteiger partial charge in [0.25, 0.3) is 0 Å². The summed E-state index contributed by atoms with van der Waals surface area (Å²) in [7, 11) is 0. The predicted octanol–water partition coefficient (Wildman–Crippen LogP) is 3.67. The van der Waals surface area contributed by atoms with Gasteiger partial charge in [-0.05, 0) is 64.6 Å². The zero-order valence-corrected chi connectivity index (χ0v) is 13.0. The van der Waals surface area contributed by atoms with Crippen molar-refractivity contribution >= 4 is 0 Å². The SMILES string of the molecule is CCCCN(C(C)CCCNCC(C)C)C1CC1. The highest BCUT2D eigenvalue weighted by atomic mass is 15.2. The number of hydrogen-bond donors (Lipinski definition) is 1. The Bertz CT molecular complexity index is 199. The molecule has 1 fully saturated rings. The summed E-state index contributed by atoms with van der Waals surface area (Å²) in [6.07, 6.45) is 8.26. The number of rotatable bonds is 11. The Morgan fingerprint density at radius 2 is 1.89 bits per heavy atom. The topological polar surface area (TPSA) is 15.3 Å². The fourth-order valence-corrected chi connectivity index (χ4v) is 2.59. The molecule has 0 amide bonds. The van der Waals surface area contributed by atoms with Crippen LogP contribution in [0.5, 0.6) is 0 Å². The zero-order chi connectivity index (χ0) is 13.4. The summed E-state index contributed by atoms with van der Waals surface area (Å²) in [6, 6.07) is 1.71. The molecular formula is C16H34N2. The highest BCUT2D eigenvalue weighted by Gasteiger charge is 2.31. The summed E-state index contributed by atoms with van der Waals surface area (Å²) in [5, 5.41) is 3.55. The van der Waals surface area contributed by atoms with Crippen LogP contribution in [0, 0.1) is 5.92 Å². The van der Waals surface area contributed by atoms with Gasteiger partial charge in [-0.3, -0.25) is 4.90 Å². The second-order valence-electron chi connectivity index (χ2n) is 6.41. The maximum absolute atomic E-state index is 3.55. The molecule has 108 valence electrons. The van der Waals surface area contributed by atoms with Crippen molar-refractivity contribution in [3.05, 3.63) is 0 Å². The molecule has 1 aliphatic carbocycles. The summed E-state index contributed by atoms with van der Waals surface area (Å²) < 4.78 is 0. The average Bonchev–Trinajstić information content (AvgIpc) is 3.13. The first kappa shape index (κ1) is 16.0. The Labute approximate surface area is 115 Å². The second-order valence-corrected chi connectivity index (χ2v) is 6.41. The van der Waals surface area contributed by atoms with Crippen molar-refractivity contribution in [3.63, 3.8) is 0 Å². The lowest BCUT2D eigenvalue weighted by Crippen LogP contribution is -2.36. The van der Waals surface area contributed by atoms with E-state index in [9.17, 15) is 0 Å². The Morgan fingerprint density at radius 1 is 1.17 bits per heavy atom. The third kappa shape index (κ3) is 6.75. The van der Waals surface area contributed by atoms with Crippen LogP contribution in [0.25, 0.3) is 0 Å². The van der Waals surface area contributed by atoms with Crippen molar-refractivity contribution in [1.29, 1.82) is 0 Å². The van der Waals surface area contributed by atoms with Crippen LogP contribution >= 0.6 is 0 Å². The smallest absolute Gasteiger partial charge is 0.00992 e. The quantitative estimate of drug-likeness (QED) is 0.566. The molecule has 0 heterocycles. The lowest BCUT2D eigenvalue weighted by atomic mass is 10.1.